The van der Waals surface area contributed by atoms with Crippen molar-refractivity contribution >= 4 is 38.5 Å². The van der Waals surface area contributed by atoms with Gasteiger partial charge in [0.25, 0.3) is 5.91 Å². The van der Waals surface area contributed by atoms with Gasteiger partial charge in [0, 0.05) is 37.3 Å². The molecule has 2 bridgehead atoms. The molecule has 0 unspecified atom stereocenters. The van der Waals surface area contributed by atoms with Crippen LogP contribution in [0.3, 0.4) is 0 Å². The number of rotatable bonds is 6. The molecule has 10 nitrogen and oxygen atoms in total. The van der Waals surface area contributed by atoms with Crippen molar-refractivity contribution in [3.8, 4) is 16.9 Å². The zero-order valence-electron chi connectivity index (χ0n) is 28.1. The van der Waals surface area contributed by atoms with Gasteiger partial charge in [-0.25, -0.2) is 13.1 Å². The third-order valence-corrected chi connectivity index (χ3v) is 11.8. The third-order valence-electron chi connectivity index (χ3n) is 9.88. The monoisotopic (exact) mass is 694 g/mol. The average molecular weight is 695 g/mol. The highest BCUT2D eigenvalue weighted by molar-refractivity contribution is 7.90. The maximum atomic E-state index is 14.4. The third kappa shape index (κ3) is 7.53. The van der Waals surface area contributed by atoms with E-state index in [9.17, 15) is 22.8 Å². The number of para-hydroxylation sites is 1. The summed E-state index contributed by atoms with van der Waals surface area (Å²) < 4.78 is 35.4. The van der Waals surface area contributed by atoms with E-state index in [1.54, 1.807) is 22.9 Å². The molecule has 4 aromatic carbocycles. The Morgan fingerprint density at radius 3 is 2.46 bits per heavy atom. The van der Waals surface area contributed by atoms with E-state index >= 15 is 0 Å². The maximum Gasteiger partial charge on any atom is 0.253 e. The molecule has 0 aromatic heterocycles. The predicted molar refractivity (Wildman–Crippen MR) is 192 cm³/mol. The first-order valence-electron chi connectivity index (χ1n) is 17.3. The smallest absolute Gasteiger partial charge is 0.253 e. The van der Waals surface area contributed by atoms with Crippen LogP contribution in [0, 0.1) is 0 Å². The first-order chi connectivity index (χ1) is 24.1. The molecule has 2 fully saturated rings. The molecular formula is C39H42N4O6S. The van der Waals surface area contributed by atoms with Gasteiger partial charge in [-0.15, -0.1) is 0 Å². The Morgan fingerprint density at radius 1 is 0.880 bits per heavy atom. The Hall–Kier alpha value is -4.74. The van der Waals surface area contributed by atoms with Gasteiger partial charge in [-0.05, 0) is 72.2 Å². The summed E-state index contributed by atoms with van der Waals surface area (Å²) in [6.07, 6.45) is 2.41. The van der Waals surface area contributed by atoms with E-state index in [1.807, 2.05) is 84.9 Å². The zero-order chi connectivity index (χ0) is 34.8. The molecule has 3 amide bonds. The highest BCUT2D eigenvalue weighted by atomic mass is 32.2. The molecule has 4 aromatic rings. The van der Waals surface area contributed by atoms with Crippen molar-refractivity contribution in [1.29, 1.82) is 0 Å². The Kier molecular flexibility index (Phi) is 9.61. The van der Waals surface area contributed by atoms with E-state index in [4.69, 9.17) is 4.74 Å². The van der Waals surface area contributed by atoms with Crippen LogP contribution in [0.4, 0.5) is 0 Å². The molecule has 2 aliphatic heterocycles. The normalized spacial score (nSPS) is 21.7. The number of carbonyl (C=O) groups is 3. The molecule has 50 heavy (non-hydrogen) atoms. The van der Waals surface area contributed by atoms with Gasteiger partial charge in [-0.2, -0.15) is 0 Å². The number of nitrogens with zero attached hydrogens (tertiary/aromatic N) is 2. The minimum Gasteiger partial charge on any atom is -0.491 e. The lowest BCUT2D eigenvalue weighted by molar-refractivity contribution is -0.134. The second-order valence-electron chi connectivity index (χ2n) is 13.7. The number of benzene rings is 4. The molecule has 1 aliphatic carbocycles. The fourth-order valence-electron chi connectivity index (χ4n) is 7.06. The second kappa shape index (κ2) is 14.2. The quantitative estimate of drug-likeness (QED) is 0.306. The number of hydrogen-bond donors (Lipinski definition) is 2. The van der Waals surface area contributed by atoms with Crippen LogP contribution in [0.15, 0.2) is 91.0 Å². The Balaban J connectivity index is 1.16. The Labute approximate surface area is 292 Å². The number of nitrogens with one attached hydrogen (secondary N) is 2. The largest absolute Gasteiger partial charge is 0.491 e. The van der Waals surface area contributed by atoms with E-state index in [0.29, 0.717) is 43.5 Å². The van der Waals surface area contributed by atoms with Crippen LogP contribution in [-0.2, 0) is 26.0 Å². The van der Waals surface area contributed by atoms with Crippen LogP contribution in [0.1, 0.15) is 48.0 Å². The summed E-state index contributed by atoms with van der Waals surface area (Å²) in [5.74, 6) is -0.0735. The summed E-state index contributed by atoms with van der Waals surface area (Å²) in [6.45, 7) is 0.706. The van der Waals surface area contributed by atoms with Crippen molar-refractivity contribution in [1.82, 2.24) is 19.8 Å². The molecule has 7 rings (SSSR count). The van der Waals surface area contributed by atoms with E-state index in [2.05, 4.69) is 10.0 Å². The highest BCUT2D eigenvalue weighted by Gasteiger charge is 2.43. The summed E-state index contributed by atoms with van der Waals surface area (Å²) in [5.41, 5.74) is 3.06. The van der Waals surface area contributed by atoms with Crippen LogP contribution in [0.25, 0.3) is 21.9 Å². The number of fused-ring (bicyclic) bond motifs is 6. The van der Waals surface area contributed by atoms with Crippen molar-refractivity contribution in [3.05, 3.63) is 102 Å². The van der Waals surface area contributed by atoms with Gasteiger partial charge >= 0.3 is 0 Å². The van der Waals surface area contributed by atoms with Crippen LogP contribution >= 0.6 is 0 Å². The fourth-order valence-corrected chi connectivity index (χ4v) is 8.62. The van der Waals surface area contributed by atoms with Crippen molar-refractivity contribution in [2.24, 2.45) is 0 Å². The van der Waals surface area contributed by atoms with E-state index in [0.717, 1.165) is 27.5 Å². The highest BCUT2D eigenvalue weighted by Crippen LogP contribution is 2.33. The number of carbonyl (C=O) groups excluding carboxylic acids is 3. The van der Waals surface area contributed by atoms with Crippen molar-refractivity contribution < 1.29 is 27.5 Å². The summed E-state index contributed by atoms with van der Waals surface area (Å²) in [5, 5.41) is 4.81. The molecule has 11 heteroatoms. The lowest BCUT2D eigenvalue weighted by Gasteiger charge is -2.30. The lowest BCUT2D eigenvalue weighted by Crippen LogP contribution is -2.52. The van der Waals surface area contributed by atoms with Gasteiger partial charge in [0.1, 0.15) is 18.4 Å². The van der Waals surface area contributed by atoms with E-state index in [-0.39, 0.29) is 49.8 Å². The van der Waals surface area contributed by atoms with Gasteiger partial charge in [-0.1, -0.05) is 72.8 Å². The number of ether oxygens (including phenoxy) is 1. The minimum atomic E-state index is -3.70. The first kappa shape index (κ1) is 33.7. The first-order valence-corrected chi connectivity index (χ1v) is 18.9. The van der Waals surface area contributed by atoms with Crippen molar-refractivity contribution in [2.45, 2.75) is 61.9 Å². The van der Waals surface area contributed by atoms with Crippen LogP contribution in [-0.4, -0.2) is 86.1 Å². The van der Waals surface area contributed by atoms with Gasteiger partial charge in [0.15, 0.2) is 0 Å². The topological polar surface area (TPSA) is 125 Å². The average Bonchev–Trinajstić information content (AvgIpc) is 3.91. The number of hydrogen-bond acceptors (Lipinski definition) is 6. The van der Waals surface area contributed by atoms with Crippen LogP contribution < -0.4 is 14.8 Å². The summed E-state index contributed by atoms with van der Waals surface area (Å²) >= 11 is 0. The van der Waals surface area contributed by atoms with E-state index in [1.165, 1.54) is 0 Å². The molecule has 260 valence electrons. The van der Waals surface area contributed by atoms with Crippen LogP contribution in [0.2, 0.25) is 0 Å². The predicted octanol–water partition coefficient (Wildman–Crippen LogP) is 4.53. The molecule has 3 aliphatic rings. The van der Waals surface area contributed by atoms with Gasteiger partial charge in [0.2, 0.25) is 21.8 Å². The fraction of sp³-hybridized carbons (Fsp3) is 0.359. The standard InChI is InChI=1S/C39H42N4O6S/c1-42-19-7-13-35(41-50(47,48)33-17-18-33)39(46)43-24-31(40-37(44)21-26-15-16-27-8-2-3-9-28(27)20-26)23-32(43)25-49-36-14-5-4-12-34(36)29-10-6-11-30(22-29)38(42)45/h2-6,8-12,14-16,20,22,31-33,35,41H,7,13,17-19,21,23-25H2,1H3,(H,40,44)/t31-,32-,35-/m0/s1. The Morgan fingerprint density at radius 2 is 1.64 bits per heavy atom. The summed E-state index contributed by atoms with van der Waals surface area (Å²) in [6, 6.07) is 27.2. The van der Waals surface area contributed by atoms with Crippen molar-refractivity contribution in [3.63, 3.8) is 0 Å². The number of sulfonamides is 1. The summed E-state index contributed by atoms with van der Waals surface area (Å²) in [4.78, 5) is 44.4. The lowest BCUT2D eigenvalue weighted by atomic mass is 10.0. The molecule has 2 N–H and O–H groups in total. The molecule has 0 spiro atoms. The Bertz CT molecular complexity index is 2030. The molecule has 0 radical (unpaired) electrons. The molecule has 1 saturated carbocycles. The molecule has 3 atom stereocenters. The SMILES string of the molecule is CN1CCC[C@H](NS(=O)(=O)C2CC2)C(=O)N2C[C@@H](NC(=O)Cc3ccc4ccccc4c3)C[C@H]2COc2ccccc2-c2cccc(c2)C1=O. The summed E-state index contributed by atoms with van der Waals surface area (Å²) in [7, 11) is -1.99. The molecule has 2 heterocycles. The van der Waals surface area contributed by atoms with Crippen LogP contribution in [0.5, 0.6) is 5.75 Å². The van der Waals surface area contributed by atoms with Crippen molar-refractivity contribution in [2.75, 3.05) is 26.7 Å². The number of amides is 3. The van der Waals surface area contributed by atoms with Gasteiger partial charge in [0.05, 0.1) is 17.7 Å². The maximum absolute atomic E-state index is 14.4. The molecular weight excluding hydrogens is 653 g/mol. The molecule has 1 saturated heterocycles. The second-order valence-corrected chi connectivity index (χ2v) is 15.7. The van der Waals surface area contributed by atoms with Gasteiger partial charge in [-0.3, -0.25) is 14.4 Å². The van der Waals surface area contributed by atoms with E-state index < -0.39 is 27.4 Å². The minimum absolute atomic E-state index is 0.142. The zero-order valence-corrected chi connectivity index (χ0v) is 28.9. The van der Waals surface area contributed by atoms with Gasteiger partial charge < -0.3 is 19.9 Å².